The summed E-state index contributed by atoms with van der Waals surface area (Å²) in [5, 5.41) is 4.54. The Morgan fingerprint density at radius 1 is 0.952 bits per heavy atom. The molecule has 0 fully saturated rings. The molecule has 3 aromatic rings. The minimum absolute atomic E-state index is 0.702. The van der Waals surface area contributed by atoms with Crippen molar-refractivity contribution in [1.82, 2.24) is 4.98 Å². The molecule has 106 valence electrons. The van der Waals surface area contributed by atoms with Gasteiger partial charge in [-0.2, -0.15) is 0 Å². The summed E-state index contributed by atoms with van der Waals surface area (Å²) in [5.74, 6) is 0. The number of para-hydroxylation sites is 1. The average molecular weight is 277 g/mol. The van der Waals surface area contributed by atoms with Gasteiger partial charge < -0.3 is 11.1 Å². The highest BCUT2D eigenvalue weighted by molar-refractivity contribution is 5.96. The largest absolute Gasteiger partial charge is 0.396 e. The lowest BCUT2D eigenvalue weighted by Crippen LogP contribution is -2.06. The summed E-state index contributed by atoms with van der Waals surface area (Å²) >= 11 is 0. The fourth-order valence-electron chi connectivity index (χ4n) is 2.50. The summed E-state index contributed by atoms with van der Waals surface area (Å²) in [5.41, 5.74) is 10.1. The highest BCUT2D eigenvalue weighted by Gasteiger charge is 2.05. The maximum absolute atomic E-state index is 6.05. The van der Waals surface area contributed by atoms with Crippen molar-refractivity contribution >= 4 is 22.3 Å². The van der Waals surface area contributed by atoms with Crippen LogP contribution < -0.4 is 11.1 Å². The fraction of sp³-hybridized carbons (Fsp3) is 0.167. The van der Waals surface area contributed by atoms with Gasteiger partial charge in [-0.3, -0.25) is 4.98 Å². The van der Waals surface area contributed by atoms with Crippen LogP contribution in [0.4, 0.5) is 11.4 Å². The molecule has 1 heterocycles. The number of nitrogens with one attached hydrogen (secondary N) is 1. The van der Waals surface area contributed by atoms with Gasteiger partial charge in [0.2, 0.25) is 0 Å². The van der Waals surface area contributed by atoms with Crippen molar-refractivity contribution in [3.63, 3.8) is 0 Å². The Morgan fingerprint density at radius 3 is 2.57 bits per heavy atom. The maximum atomic E-state index is 6.05. The molecule has 0 amide bonds. The molecule has 3 rings (SSSR count). The number of aryl methyl sites for hydroxylation is 1. The monoisotopic (exact) mass is 277 g/mol. The smallest absolute Gasteiger partial charge is 0.0743 e. The summed E-state index contributed by atoms with van der Waals surface area (Å²) in [6.07, 6.45) is 3.86. The van der Waals surface area contributed by atoms with E-state index in [1.807, 2.05) is 24.3 Å². The first-order chi connectivity index (χ1) is 10.3. The van der Waals surface area contributed by atoms with Crippen LogP contribution in [-0.2, 0) is 6.42 Å². The molecule has 0 spiro atoms. The second kappa shape index (κ2) is 6.27. The van der Waals surface area contributed by atoms with Gasteiger partial charge in [-0.1, -0.05) is 48.5 Å². The minimum atomic E-state index is 0.702. The number of rotatable bonds is 5. The molecule has 3 heteroatoms. The fourth-order valence-corrected chi connectivity index (χ4v) is 2.50. The highest BCUT2D eigenvalue weighted by Crippen LogP contribution is 2.27. The van der Waals surface area contributed by atoms with Crippen LogP contribution >= 0.6 is 0 Å². The number of hydrogen-bond donors (Lipinski definition) is 2. The van der Waals surface area contributed by atoms with Crippen LogP contribution in [0.5, 0.6) is 0 Å². The Bertz CT molecular complexity index is 723. The molecule has 0 unspecified atom stereocenters. The quantitative estimate of drug-likeness (QED) is 0.696. The lowest BCUT2D eigenvalue weighted by molar-refractivity contribution is 0.864. The molecule has 0 aliphatic rings. The zero-order chi connectivity index (χ0) is 14.5. The van der Waals surface area contributed by atoms with E-state index in [1.165, 1.54) is 5.56 Å². The average Bonchev–Trinajstić information content (AvgIpc) is 2.54. The Kier molecular flexibility index (Phi) is 4.01. The van der Waals surface area contributed by atoms with Gasteiger partial charge in [0, 0.05) is 11.9 Å². The maximum Gasteiger partial charge on any atom is 0.0743 e. The van der Waals surface area contributed by atoms with Gasteiger partial charge in [-0.25, -0.2) is 0 Å². The van der Waals surface area contributed by atoms with Crippen molar-refractivity contribution < 1.29 is 0 Å². The van der Waals surface area contributed by atoms with Crippen LogP contribution in [0.1, 0.15) is 12.0 Å². The van der Waals surface area contributed by atoms with E-state index in [-0.39, 0.29) is 0 Å². The summed E-state index contributed by atoms with van der Waals surface area (Å²) in [7, 11) is 0. The molecule has 0 bridgehead atoms. The van der Waals surface area contributed by atoms with Crippen molar-refractivity contribution in [3.05, 3.63) is 66.4 Å². The van der Waals surface area contributed by atoms with Crippen LogP contribution in [0, 0.1) is 0 Å². The van der Waals surface area contributed by atoms with Crippen LogP contribution in [0.15, 0.2) is 60.8 Å². The highest BCUT2D eigenvalue weighted by atomic mass is 14.9. The Morgan fingerprint density at radius 2 is 1.71 bits per heavy atom. The molecule has 0 aliphatic heterocycles. The van der Waals surface area contributed by atoms with Crippen LogP contribution in [0.25, 0.3) is 10.9 Å². The molecule has 21 heavy (non-hydrogen) atoms. The van der Waals surface area contributed by atoms with Crippen molar-refractivity contribution in [3.8, 4) is 0 Å². The molecular formula is C18H19N3. The van der Waals surface area contributed by atoms with Crippen LogP contribution in [0.2, 0.25) is 0 Å². The number of nitrogens with two attached hydrogens (primary N) is 1. The van der Waals surface area contributed by atoms with Gasteiger partial charge in [-0.15, -0.1) is 0 Å². The first-order valence-electron chi connectivity index (χ1n) is 7.25. The molecule has 3 N–H and O–H groups in total. The van der Waals surface area contributed by atoms with E-state index in [4.69, 9.17) is 5.73 Å². The van der Waals surface area contributed by atoms with Gasteiger partial charge in [0.05, 0.1) is 23.1 Å². The summed E-state index contributed by atoms with van der Waals surface area (Å²) in [6, 6.07) is 18.6. The van der Waals surface area contributed by atoms with Crippen molar-refractivity contribution in [2.45, 2.75) is 12.8 Å². The van der Waals surface area contributed by atoms with Crippen LogP contribution in [-0.4, -0.2) is 11.5 Å². The summed E-state index contributed by atoms with van der Waals surface area (Å²) in [4.78, 5) is 4.35. The third kappa shape index (κ3) is 3.14. The standard InChI is InChI=1S/C18H19N3/c19-16-13-21-17-11-5-4-10-15(17)18(16)20-12-6-9-14-7-2-1-3-8-14/h1-5,7-8,10-11,13H,6,9,12,19H2,(H,20,21). The lowest BCUT2D eigenvalue weighted by Gasteiger charge is -2.12. The van der Waals surface area contributed by atoms with E-state index < -0.39 is 0 Å². The van der Waals surface area contributed by atoms with E-state index in [1.54, 1.807) is 6.20 Å². The number of fused-ring (bicyclic) bond motifs is 1. The molecule has 3 nitrogen and oxygen atoms in total. The molecule has 0 atom stereocenters. The van der Waals surface area contributed by atoms with Gasteiger partial charge in [0.1, 0.15) is 0 Å². The number of pyridine rings is 1. The topological polar surface area (TPSA) is 50.9 Å². The zero-order valence-corrected chi connectivity index (χ0v) is 11.9. The molecule has 0 radical (unpaired) electrons. The number of nitrogens with zero attached hydrogens (tertiary/aromatic N) is 1. The number of aromatic nitrogens is 1. The van der Waals surface area contributed by atoms with Gasteiger partial charge in [0.25, 0.3) is 0 Å². The summed E-state index contributed by atoms with van der Waals surface area (Å²) in [6.45, 7) is 0.896. The van der Waals surface area contributed by atoms with Gasteiger partial charge in [-0.05, 0) is 24.5 Å². The second-order valence-corrected chi connectivity index (χ2v) is 5.12. The first kappa shape index (κ1) is 13.4. The Labute approximate surface area is 124 Å². The van der Waals surface area contributed by atoms with E-state index >= 15 is 0 Å². The molecule has 0 saturated heterocycles. The third-order valence-electron chi connectivity index (χ3n) is 3.59. The van der Waals surface area contributed by atoms with E-state index in [0.717, 1.165) is 36.0 Å². The summed E-state index contributed by atoms with van der Waals surface area (Å²) < 4.78 is 0. The lowest BCUT2D eigenvalue weighted by atomic mass is 10.1. The number of nitrogen functional groups attached to an aromatic ring is 1. The predicted octanol–water partition coefficient (Wildman–Crippen LogP) is 3.86. The zero-order valence-electron chi connectivity index (χ0n) is 11.9. The van der Waals surface area contributed by atoms with E-state index in [9.17, 15) is 0 Å². The predicted molar refractivity (Wildman–Crippen MR) is 89.4 cm³/mol. The van der Waals surface area contributed by atoms with E-state index in [0.29, 0.717) is 5.69 Å². The first-order valence-corrected chi connectivity index (χ1v) is 7.25. The third-order valence-corrected chi connectivity index (χ3v) is 3.59. The normalized spacial score (nSPS) is 10.7. The molecule has 0 saturated carbocycles. The van der Waals surface area contributed by atoms with Gasteiger partial charge >= 0.3 is 0 Å². The van der Waals surface area contributed by atoms with Crippen molar-refractivity contribution in [2.75, 3.05) is 17.6 Å². The minimum Gasteiger partial charge on any atom is -0.396 e. The number of benzene rings is 2. The molecule has 2 aromatic carbocycles. The Balaban J connectivity index is 1.67. The SMILES string of the molecule is Nc1cnc2ccccc2c1NCCCc1ccccc1. The second-order valence-electron chi connectivity index (χ2n) is 5.12. The van der Waals surface area contributed by atoms with Crippen molar-refractivity contribution in [2.24, 2.45) is 0 Å². The molecular weight excluding hydrogens is 258 g/mol. The van der Waals surface area contributed by atoms with Crippen LogP contribution in [0.3, 0.4) is 0 Å². The number of anilines is 2. The van der Waals surface area contributed by atoms with Gasteiger partial charge in [0.15, 0.2) is 0 Å². The Hall–Kier alpha value is -2.55. The van der Waals surface area contributed by atoms with Crippen molar-refractivity contribution in [1.29, 1.82) is 0 Å². The van der Waals surface area contributed by atoms with E-state index in [2.05, 4.69) is 40.6 Å². The molecule has 1 aromatic heterocycles. The number of hydrogen-bond acceptors (Lipinski definition) is 3. The molecule has 0 aliphatic carbocycles.